The van der Waals surface area contributed by atoms with Crippen molar-refractivity contribution in [3.8, 4) is 11.5 Å². The summed E-state index contributed by atoms with van der Waals surface area (Å²) in [7, 11) is 0. The van der Waals surface area contributed by atoms with Gasteiger partial charge >= 0.3 is 6.03 Å². The molecule has 3 heterocycles. The summed E-state index contributed by atoms with van der Waals surface area (Å²) < 4.78 is 13.2. The van der Waals surface area contributed by atoms with E-state index in [1.54, 1.807) is 25.1 Å². The average Bonchev–Trinajstić information content (AvgIpc) is 3.30. The predicted molar refractivity (Wildman–Crippen MR) is 120 cm³/mol. The van der Waals surface area contributed by atoms with E-state index < -0.39 is 17.2 Å². The molecule has 1 saturated carbocycles. The average molecular weight is 459 g/mol. The molecular formula is C21H26N6O4S. The number of rotatable bonds is 6. The third kappa shape index (κ3) is 4.47. The Bertz CT molecular complexity index is 1020. The number of urea groups is 1. The van der Waals surface area contributed by atoms with Crippen LogP contribution in [-0.2, 0) is 4.79 Å². The number of anilines is 2. The van der Waals surface area contributed by atoms with Crippen molar-refractivity contribution in [2.45, 2.75) is 49.1 Å². The lowest BCUT2D eigenvalue weighted by Crippen LogP contribution is -2.39. The summed E-state index contributed by atoms with van der Waals surface area (Å²) in [6.07, 6.45) is 4.53. The molecule has 2 fully saturated rings. The molecule has 3 amide bonds. The van der Waals surface area contributed by atoms with Crippen LogP contribution in [0, 0.1) is 0 Å². The zero-order valence-corrected chi connectivity index (χ0v) is 18.7. The summed E-state index contributed by atoms with van der Waals surface area (Å²) >= 11 is 1.33. The first-order valence-electron chi connectivity index (χ1n) is 11.0. The predicted octanol–water partition coefficient (Wildman–Crippen LogP) is 2.81. The summed E-state index contributed by atoms with van der Waals surface area (Å²) in [5.41, 5.74) is 0.517. The van der Waals surface area contributed by atoms with Gasteiger partial charge in [-0.15, -0.1) is 10.2 Å². The first-order chi connectivity index (χ1) is 15.6. The van der Waals surface area contributed by atoms with Crippen LogP contribution in [0.15, 0.2) is 23.4 Å². The summed E-state index contributed by atoms with van der Waals surface area (Å²) in [5, 5.41) is 14.1. The first kappa shape index (κ1) is 20.9. The fourth-order valence-corrected chi connectivity index (χ4v) is 4.76. The molecule has 170 valence electrons. The van der Waals surface area contributed by atoms with Crippen molar-refractivity contribution < 1.29 is 19.1 Å². The van der Waals surface area contributed by atoms with Crippen LogP contribution in [0.1, 0.15) is 38.6 Å². The molecule has 10 nitrogen and oxygen atoms in total. The number of aromatic nitrogens is 3. The molecule has 1 unspecified atom stereocenters. The van der Waals surface area contributed by atoms with Crippen LogP contribution in [0.4, 0.5) is 16.4 Å². The minimum atomic E-state index is -0.597. The summed E-state index contributed by atoms with van der Waals surface area (Å²) in [5.74, 6) is 1.71. The normalized spacial score (nSPS) is 18.3. The zero-order valence-electron chi connectivity index (χ0n) is 17.9. The maximum absolute atomic E-state index is 12.6. The number of carbonyl (C=O) groups excluding carboxylic acids is 2. The second-order valence-electron chi connectivity index (χ2n) is 8.14. The van der Waals surface area contributed by atoms with Gasteiger partial charge in [0.05, 0.1) is 5.25 Å². The van der Waals surface area contributed by atoms with E-state index in [1.807, 2.05) is 0 Å². The molecular weight excluding hydrogens is 432 g/mol. The highest BCUT2D eigenvalue weighted by molar-refractivity contribution is 8.00. The highest BCUT2D eigenvalue weighted by Gasteiger charge is 2.33. The van der Waals surface area contributed by atoms with Gasteiger partial charge in [0.1, 0.15) is 13.2 Å². The SMILES string of the molecule is CC(Sc1nnc(N2CCCC2)n1C1CC1)C(=O)NC(=O)Nc1ccc2c(c1)OCCO2. The number of carbonyl (C=O) groups is 2. The summed E-state index contributed by atoms with van der Waals surface area (Å²) in [4.78, 5) is 27.2. The van der Waals surface area contributed by atoms with Crippen molar-refractivity contribution in [3.05, 3.63) is 18.2 Å². The molecule has 2 N–H and O–H groups in total. The second kappa shape index (κ2) is 8.89. The van der Waals surface area contributed by atoms with Crippen LogP contribution in [0.5, 0.6) is 11.5 Å². The molecule has 1 aromatic carbocycles. The van der Waals surface area contributed by atoms with Gasteiger partial charge in [-0.25, -0.2) is 4.79 Å². The molecule has 3 aliphatic rings. The second-order valence-corrected chi connectivity index (χ2v) is 9.45. The van der Waals surface area contributed by atoms with Crippen LogP contribution in [0.25, 0.3) is 0 Å². The Hall–Kier alpha value is -2.95. The number of benzene rings is 1. The van der Waals surface area contributed by atoms with E-state index in [9.17, 15) is 9.59 Å². The van der Waals surface area contributed by atoms with E-state index in [2.05, 4.69) is 30.3 Å². The molecule has 1 atom stereocenters. The Kier molecular flexibility index (Phi) is 5.81. The Morgan fingerprint density at radius 2 is 1.88 bits per heavy atom. The molecule has 32 heavy (non-hydrogen) atoms. The lowest BCUT2D eigenvalue weighted by molar-refractivity contribution is -0.119. The van der Waals surface area contributed by atoms with E-state index in [0.717, 1.165) is 49.9 Å². The van der Waals surface area contributed by atoms with Gasteiger partial charge in [-0.3, -0.25) is 14.7 Å². The van der Waals surface area contributed by atoms with Gasteiger partial charge in [0.2, 0.25) is 11.9 Å². The third-order valence-corrected chi connectivity index (χ3v) is 6.69. The molecule has 0 spiro atoms. The quantitative estimate of drug-likeness (QED) is 0.636. The van der Waals surface area contributed by atoms with E-state index in [0.29, 0.717) is 36.4 Å². The summed E-state index contributed by atoms with van der Waals surface area (Å²) in [6, 6.07) is 4.91. The van der Waals surface area contributed by atoms with Crippen molar-refractivity contribution >= 4 is 35.3 Å². The van der Waals surface area contributed by atoms with Gasteiger partial charge in [0.25, 0.3) is 0 Å². The minimum Gasteiger partial charge on any atom is -0.486 e. The molecule has 1 aromatic heterocycles. The minimum absolute atomic E-state index is 0.391. The van der Waals surface area contributed by atoms with Crippen LogP contribution < -0.4 is 25.0 Å². The van der Waals surface area contributed by atoms with Crippen molar-refractivity contribution in [1.29, 1.82) is 0 Å². The van der Waals surface area contributed by atoms with Crippen molar-refractivity contribution in [1.82, 2.24) is 20.1 Å². The zero-order chi connectivity index (χ0) is 22.1. The Morgan fingerprint density at radius 3 is 2.62 bits per heavy atom. The highest BCUT2D eigenvalue weighted by Crippen LogP contribution is 2.42. The number of hydrogen-bond donors (Lipinski definition) is 2. The Morgan fingerprint density at radius 1 is 1.12 bits per heavy atom. The van der Waals surface area contributed by atoms with Crippen molar-refractivity contribution in [3.63, 3.8) is 0 Å². The molecule has 2 aliphatic heterocycles. The number of fused-ring (bicyclic) bond motifs is 1. The number of imide groups is 1. The van der Waals surface area contributed by atoms with E-state index in [1.165, 1.54) is 11.8 Å². The largest absolute Gasteiger partial charge is 0.486 e. The van der Waals surface area contributed by atoms with Gasteiger partial charge in [-0.1, -0.05) is 11.8 Å². The topological polar surface area (TPSA) is 111 Å². The van der Waals surface area contributed by atoms with E-state index in [-0.39, 0.29) is 0 Å². The molecule has 1 saturated heterocycles. The molecule has 1 aliphatic carbocycles. The van der Waals surface area contributed by atoms with Gasteiger partial charge < -0.3 is 19.7 Å². The fraction of sp³-hybridized carbons (Fsp3) is 0.524. The number of nitrogens with zero attached hydrogens (tertiary/aromatic N) is 4. The van der Waals surface area contributed by atoms with Crippen molar-refractivity contribution in [2.24, 2.45) is 0 Å². The van der Waals surface area contributed by atoms with Crippen molar-refractivity contribution in [2.75, 3.05) is 36.5 Å². The lowest BCUT2D eigenvalue weighted by Gasteiger charge is -2.19. The van der Waals surface area contributed by atoms with Crippen LogP contribution in [-0.4, -0.2) is 58.3 Å². The standard InChI is InChI=1S/C21H26N6O4S/c1-13(32-21-25-24-20(26-8-2-3-9-26)27(21)15-5-6-15)18(28)23-19(29)22-14-4-7-16-17(12-14)31-11-10-30-16/h4,7,12-13,15H,2-3,5-6,8-11H2,1H3,(H2,22,23,28,29). The van der Waals surface area contributed by atoms with E-state index >= 15 is 0 Å². The maximum Gasteiger partial charge on any atom is 0.325 e. The number of amides is 3. The van der Waals surface area contributed by atoms with Gasteiger partial charge in [0.15, 0.2) is 16.7 Å². The van der Waals surface area contributed by atoms with Crippen LogP contribution in [0.3, 0.4) is 0 Å². The van der Waals surface area contributed by atoms with Crippen LogP contribution >= 0.6 is 11.8 Å². The van der Waals surface area contributed by atoms with Crippen LogP contribution in [0.2, 0.25) is 0 Å². The molecule has 0 bridgehead atoms. The molecule has 5 rings (SSSR count). The van der Waals surface area contributed by atoms with E-state index in [4.69, 9.17) is 9.47 Å². The first-order valence-corrected chi connectivity index (χ1v) is 11.8. The molecule has 0 radical (unpaired) electrons. The third-order valence-electron chi connectivity index (χ3n) is 5.64. The fourth-order valence-electron chi connectivity index (χ4n) is 3.84. The summed E-state index contributed by atoms with van der Waals surface area (Å²) in [6.45, 7) is 4.70. The number of thioether (sulfide) groups is 1. The number of nitrogens with one attached hydrogen (secondary N) is 2. The maximum atomic E-state index is 12.6. The molecule has 11 heteroatoms. The Labute approximate surface area is 190 Å². The van der Waals surface area contributed by atoms with Gasteiger partial charge in [-0.2, -0.15) is 0 Å². The van der Waals surface area contributed by atoms with Gasteiger partial charge in [0, 0.05) is 30.9 Å². The van der Waals surface area contributed by atoms with Gasteiger partial charge in [-0.05, 0) is 44.7 Å². The smallest absolute Gasteiger partial charge is 0.325 e. The highest BCUT2D eigenvalue weighted by atomic mass is 32.2. The Balaban J connectivity index is 1.19. The number of hydrogen-bond acceptors (Lipinski definition) is 8. The number of ether oxygens (including phenoxy) is 2. The monoisotopic (exact) mass is 458 g/mol. The molecule has 2 aromatic rings. The lowest BCUT2D eigenvalue weighted by atomic mass is 10.2.